The molecule has 2 heterocycles. The van der Waals surface area contributed by atoms with Gasteiger partial charge in [0.25, 0.3) is 0 Å². The Morgan fingerprint density at radius 1 is 1.44 bits per heavy atom. The Labute approximate surface area is 144 Å². The van der Waals surface area contributed by atoms with Gasteiger partial charge in [0.15, 0.2) is 5.76 Å². The number of nitrogens with zero attached hydrogens (tertiary/aromatic N) is 3. The minimum atomic E-state index is -5.08. The van der Waals surface area contributed by atoms with Crippen molar-refractivity contribution < 1.29 is 32.7 Å². The Bertz CT molecular complexity index is 536. The van der Waals surface area contributed by atoms with E-state index < -0.39 is 12.1 Å². The zero-order chi connectivity index (χ0) is 19.0. The van der Waals surface area contributed by atoms with Crippen molar-refractivity contribution in [2.45, 2.75) is 38.5 Å². The van der Waals surface area contributed by atoms with Crippen LogP contribution in [0.1, 0.15) is 24.8 Å². The largest absolute Gasteiger partial charge is 0.490 e. The second kappa shape index (κ2) is 9.73. The maximum absolute atomic E-state index is 10.6. The molecule has 10 heteroatoms. The molecule has 1 aliphatic heterocycles. The lowest BCUT2D eigenvalue weighted by atomic mass is 10.1. The quantitative estimate of drug-likeness (QED) is 0.812. The Hall–Kier alpha value is -1.65. The van der Waals surface area contributed by atoms with E-state index in [1.807, 2.05) is 6.07 Å². The number of rotatable bonds is 5. The summed E-state index contributed by atoms with van der Waals surface area (Å²) in [6.07, 6.45) is -3.33. The standard InChI is InChI=1S/C13H23N3O2.C2HF3O2/c1-3-11-8-13(18-14-11)10-16-6-5-15(2)12(9-16)4-7-17;3-2(4,5)1(6)7/h8,12,17H,3-7,9-10H2,1-2H3;(H,6,7). The van der Waals surface area contributed by atoms with Gasteiger partial charge in [-0.25, -0.2) is 4.79 Å². The van der Waals surface area contributed by atoms with E-state index in [0.29, 0.717) is 6.04 Å². The minimum absolute atomic E-state index is 0.255. The number of carboxylic acid groups (broad SMARTS) is 1. The summed E-state index contributed by atoms with van der Waals surface area (Å²) in [5, 5.41) is 20.2. The number of aliphatic carboxylic acids is 1. The summed E-state index contributed by atoms with van der Waals surface area (Å²) in [5.74, 6) is -1.81. The summed E-state index contributed by atoms with van der Waals surface area (Å²) in [5.41, 5.74) is 1.02. The minimum Gasteiger partial charge on any atom is -0.475 e. The van der Waals surface area contributed by atoms with Crippen LogP contribution in [0, 0.1) is 0 Å². The average Bonchev–Trinajstić information content (AvgIpc) is 2.98. The molecule has 1 aromatic rings. The molecule has 0 aromatic carbocycles. The third kappa shape index (κ3) is 7.41. The molecule has 1 aliphatic rings. The predicted molar refractivity (Wildman–Crippen MR) is 83.0 cm³/mol. The first-order chi connectivity index (χ1) is 11.7. The Balaban J connectivity index is 0.000000381. The highest BCUT2D eigenvalue weighted by Gasteiger charge is 2.38. The van der Waals surface area contributed by atoms with Gasteiger partial charge in [-0.2, -0.15) is 13.2 Å². The fourth-order valence-electron chi connectivity index (χ4n) is 2.43. The van der Waals surface area contributed by atoms with E-state index in [4.69, 9.17) is 19.5 Å². The molecule has 144 valence electrons. The van der Waals surface area contributed by atoms with Crippen LogP contribution in [-0.2, 0) is 17.8 Å². The van der Waals surface area contributed by atoms with Crippen molar-refractivity contribution in [3.63, 3.8) is 0 Å². The molecule has 2 rings (SSSR count). The summed E-state index contributed by atoms with van der Waals surface area (Å²) in [6.45, 7) is 6.22. The van der Waals surface area contributed by atoms with Crippen LogP contribution in [0.2, 0.25) is 0 Å². The normalized spacial score (nSPS) is 19.4. The van der Waals surface area contributed by atoms with E-state index >= 15 is 0 Å². The number of hydrogen-bond donors (Lipinski definition) is 2. The molecule has 1 fully saturated rings. The third-order valence-corrected chi connectivity index (χ3v) is 3.92. The SMILES string of the molecule is CCc1cc(CN2CCN(C)C(CCO)C2)on1.O=C(O)C(F)(F)F. The molecule has 1 unspecified atom stereocenters. The Morgan fingerprint density at radius 3 is 2.56 bits per heavy atom. The molecule has 1 atom stereocenters. The summed E-state index contributed by atoms with van der Waals surface area (Å²) >= 11 is 0. The average molecular weight is 367 g/mol. The summed E-state index contributed by atoms with van der Waals surface area (Å²) < 4.78 is 37.1. The van der Waals surface area contributed by atoms with Gasteiger partial charge < -0.3 is 19.6 Å². The first-order valence-electron chi connectivity index (χ1n) is 7.95. The molecule has 0 spiro atoms. The molecule has 0 radical (unpaired) electrons. The topological polar surface area (TPSA) is 90.0 Å². The summed E-state index contributed by atoms with van der Waals surface area (Å²) in [4.78, 5) is 13.6. The second-order valence-electron chi connectivity index (χ2n) is 5.82. The van der Waals surface area contributed by atoms with E-state index in [9.17, 15) is 13.2 Å². The van der Waals surface area contributed by atoms with Gasteiger partial charge >= 0.3 is 12.1 Å². The molecule has 0 saturated carbocycles. The van der Waals surface area contributed by atoms with E-state index in [2.05, 4.69) is 28.9 Å². The molecular weight excluding hydrogens is 343 g/mol. The molecule has 1 aromatic heterocycles. The smallest absolute Gasteiger partial charge is 0.475 e. The number of carbonyl (C=O) groups is 1. The lowest BCUT2D eigenvalue weighted by Gasteiger charge is -2.38. The highest BCUT2D eigenvalue weighted by Crippen LogP contribution is 2.15. The van der Waals surface area contributed by atoms with E-state index in [0.717, 1.165) is 50.5 Å². The zero-order valence-corrected chi connectivity index (χ0v) is 14.3. The molecule has 1 saturated heterocycles. The fourth-order valence-corrected chi connectivity index (χ4v) is 2.43. The lowest BCUT2D eigenvalue weighted by Crippen LogP contribution is -2.51. The molecule has 0 bridgehead atoms. The summed E-state index contributed by atoms with van der Waals surface area (Å²) in [6, 6.07) is 2.48. The Morgan fingerprint density at radius 2 is 2.08 bits per heavy atom. The number of aromatic nitrogens is 1. The van der Waals surface area contributed by atoms with Crippen LogP contribution in [-0.4, -0.2) is 76.6 Å². The van der Waals surface area contributed by atoms with Crippen molar-refractivity contribution in [2.24, 2.45) is 0 Å². The fraction of sp³-hybridized carbons (Fsp3) is 0.733. The van der Waals surface area contributed by atoms with Crippen molar-refractivity contribution in [1.29, 1.82) is 0 Å². The molecular formula is C15H24F3N3O4. The van der Waals surface area contributed by atoms with Crippen LogP contribution in [0.4, 0.5) is 13.2 Å². The second-order valence-corrected chi connectivity index (χ2v) is 5.82. The molecule has 2 N–H and O–H groups in total. The molecule has 25 heavy (non-hydrogen) atoms. The van der Waals surface area contributed by atoms with Crippen molar-refractivity contribution in [1.82, 2.24) is 15.0 Å². The van der Waals surface area contributed by atoms with Gasteiger partial charge in [-0.3, -0.25) is 4.90 Å². The number of likely N-dealkylation sites (N-methyl/N-ethyl adjacent to an activating group) is 1. The van der Waals surface area contributed by atoms with Crippen LogP contribution >= 0.6 is 0 Å². The van der Waals surface area contributed by atoms with Crippen molar-refractivity contribution in [2.75, 3.05) is 33.3 Å². The van der Waals surface area contributed by atoms with Gasteiger partial charge in [-0.1, -0.05) is 12.1 Å². The molecule has 7 nitrogen and oxygen atoms in total. The van der Waals surface area contributed by atoms with Crippen molar-refractivity contribution in [3.8, 4) is 0 Å². The number of aliphatic hydroxyl groups excluding tert-OH is 1. The van der Waals surface area contributed by atoms with E-state index in [1.54, 1.807) is 0 Å². The zero-order valence-electron chi connectivity index (χ0n) is 14.3. The first kappa shape index (κ1) is 21.4. The number of piperazine rings is 1. The molecule has 0 amide bonds. The third-order valence-electron chi connectivity index (χ3n) is 3.92. The number of halogens is 3. The van der Waals surface area contributed by atoms with Crippen LogP contribution in [0.25, 0.3) is 0 Å². The van der Waals surface area contributed by atoms with Crippen molar-refractivity contribution in [3.05, 3.63) is 17.5 Å². The lowest BCUT2D eigenvalue weighted by molar-refractivity contribution is -0.192. The van der Waals surface area contributed by atoms with Gasteiger partial charge in [0.1, 0.15) is 0 Å². The van der Waals surface area contributed by atoms with E-state index in [-0.39, 0.29) is 6.61 Å². The van der Waals surface area contributed by atoms with Gasteiger partial charge in [0.2, 0.25) is 0 Å². The number of alkyl halides is 3. The highest BCUT2D eigenvalue weighted by atomic mass is 19.4. The number of carboxylic acids is 1. The summed E-state index contributed by atoms with van der Waals surface area (Å²) in [7, 11) is 2.13. The van der Waals surface area contributed by atoms with E-state index in [1.165, 1.54) is 0 Å². The van der Waals surface area contributed by atoms with Crippen LogP contribution in [0.5, 0.6) is 0 Å². The maximum atomic E-state index is 10.6. The molecule has 0 aliphatic carbocycles. The number of aliphatic hydroxyl groups is 1. The number of aryl methyl sites for hydroxylation is 1. The number of hydrogen-bond acceptors (Lipinski definition) is 6. The van der Waals surface area contributed by atoms with Crippen LogP contribution < -0.4 is 0 Å². The van der Waals surface area contributed by atoms with Gasteiger partial charge in [0, 0.05) is 38.3 Å². The predicted octanol–water partition coefficient (Wildman–Crippen LogP) is 1.37. The van der Waals surface area contributed by atoms with Crippen LogP contribution in [0.15, 0.2) is 10.6 Å². The monoisotopic (exact) mass is 367 g/mol. The highest BCUT2D eigenvalue weighted by molar-refractivity contribution is 5.73. The maximum Gasteiger partial charge on any atom is 0.490 e. The van der Waals surface area contributed by atoms with Crippen molar-refractivity contribution >= 4 is 5.97 Å². The van der Waals surface area contributed by atoms with Gasteiger partial charge in [-0.05, 0) is 19.9 Å². The van der Waals surface area contributed by atoms with Gasteiger partial charge in [0.05, 0.1) is 12.2 Å². The first-order valence-corrected chi connectivity index (χ1v) is 7.95. The van der Waals surface area contributed by atoms with Gasteiger partial charge in [-0.15, -0.1) is 0 Å². The Kier molecular flexibility index (Phi) is 8.33. The van der Waals surface area contributed by atoms with Crippen LogP contribution in [0.3, 0.4) is 0 Å².